The van der Waals surface area contributed by atoms with Crippen LogP contribution in [0.2, 0.25) is 0 Å². The fourth-order valence-electron chi connectivity index (χ4n) is 2.95. The Kier molecular flexibility index (Phi) is 6.61. The summed E-state index contributed by atoms with van der Waals surface area (Å²) in [5, 5.41) is 3.22. The van der Waals surface area contributed by atoms with Gasteiger partial charge >= 0.3 is 0 Å². The van der Waals surface area contributed by atoms with Crippen LogP contribution in [-0.2, 0) is 4.74 Å². The molecule has 21 heavy (non-hydrogen) atoms. The van der Waals surface area contributed by atoms with E-state index in [0.717, 1.165) is 38.1 Å². The summed E-state index contributed by atoms with van der Waals surface area (Å²) in [7, 11) is 4.01. The van der Waals surface area contributed by atoms with Gasteiger partial charge in [-0.25, -0.2) is 4.39 Å². The molecule has 3 nitrogen and oxygen atoms in total. The van der Waals surface area contributed by atoms with Crippen LogP contribution in [0, 0.1) is 5.82 Å². The maximum atomic E-state index is 13.9. The number of halogens is 1. The Hall–Kier alpha value is -0.970. The molecule has 1 aliphatic heterocycles. The summed E-state index contributed by atoms with van der Waals surface area (Å²) >= 11 is 0. The highest BCUT2D eigenvalue weighted by molar-refractivity contribution is 5.21. The quantitative estimate of drug-likeness (QED) is 0.837. The van der Waals surface area contributed by atoms with Crippen molar-refractivity contribution in [2.24, 2.45) is 0 Å². The molecule has 1 N–H and O–H groups in total. The monoisotopic (exact) mass is 294 g/mol. The summed E-state index contributed by atoms with van der Waals surface area (Å²) in [6, 6.07) is 7.07. The van der Waals surface area contributed by atoms with Crippen LogP contribution in [0.1, 0.15) is 37.3 Å². The lowest BCUT2D eigenvalue weighted by Crippen LogP contribution is -2.35. The second-order valence-corrected chi connectivity index (χ2v) is 5.90. The Morgan fingerprint density at radius 3 is 2.86 bits per heavy atom. The molecule has 2 atom stereocenters. The third-order valence-electron chi connectivity index (χ3n) is 4.22. The van der Waals surface area contributed by atoms with Crippen molar-refractivity contribution in [3.8, 4) is 0 Å². The molecule has 1 aromatic carbocycles. The third kappa shape index (κ3) is 5.06. The standard InChI is InChI=1S/C17H27FN2O/c1-19-17(15-8-3-4-9-16(15)18)10-11-20(2)13-14-7-5-6-12-21-14/h3-4,8-9,14,17,19H,5-7,10-13H2,1-2H3. The van der Waals surface area contributed by atoms with Gasteiger partial charge in [0.05, 0.1) is 6.10 Å². The predicted octanol–water partition coefficient (Wildman–Crippen LogP) is 2.98. The fraction of sp³-hybridized carbons (Fsp3) is 0.647. The molecule has 1 aliphatic rings. The van der Waals surface area contributed by atoms with Gasteiger partial charge in [0.15, 0.2) is 0 Å². The SMILES string of the molecule is CNC(CCN(C)CC1CCCCO1)c1ccccc1F. The topological polar surface area (TPSA) is 24.5 Å². The van der Waals surface area contributed by atoms with E-state index >= 15 is 0 Å². The molecule has 0 saturated carbocycles. The summed E-state index contributed by atoms with van der Waals surface area (Å²) in [6.45, 7) is 2.79. The summed E-state index contributed by atoms with van der Waals surface area (Å²) < 4.78 is 19.6. The number of benzene rings is 1. The molecule has 1 heterocycles. The first-order valence-corrected chi connectivity index (χ1v) is 7.92. The van der Waals surface area contributed by atoms with Gasteiger partial charge in [-0.1, -0.05) is 18.2 Å². The van der Waals surface area contributed by atoms with Crippen LogP contribution in [0.5, 0.6) is 0 Å². The van der Waals surface area contributed by atoms with Gasteiger partial charge in [-0.3, -0.25) is 0 Å². The number of nitrogens with one attached hydrogen (secondary N) is 1. The lowest BCUT2D eigenvalue weighted by Gasteiger charge is -2.28. The number of nitrogens with zero attached hydrogens (tertiary/aromatic N) is 1. The van der Waals surface area contributed by atoms with E-state index in [2.05, 4.69) is 17.3 Å². The minimum Gasteiger partial charge on any atom is -0.377 e. The van der Waals surface area contributed by atoms with Crippen molar-refractivity contribution in [2.75, 3.05) is 33.8 Å². The van der Waals surface area contributed by atoms with Crippen molar-refractivity contribution in [1.29, 1.82) is 0 Å². The van der Waals surface area contributed by atoms with Crippen LogP contribution in [0.15, 0.2) is 24.3 Å². The summed E-state index contributed by atoms with van der Waals surface area (Å²) in [5.74, 6) is -0.130. The Morgan fingerprint density at radius 2 is 2.19 bits per heavy atom. The second kappa shape index (κ2) is 8.47. The molecule has 0 amide bonds. The smallest absolute Gasteiger partial charge is 0.127 e. The van der Waals surface area contributed by atoms with E-state index in [9.17, 15) is 4.39 Å². The van der Waals surface area contributed by atoms with Crippen LogP contribution in [-0.4, -0.2) is 44.8 Å². The van der Waals surface area contributed by atoms with Gasteiger partial charge in [0.2, 0.25) is 0 Å². The maximum Gasteiger partial charge on any atom is 0.127 e. The predicted molar refractivity (Wildman–Crippen MR) is 83.9 cm³/mol. The van der Waals surface area contributed by atoms with Crippen molar-refractivity contribution in [2.45, 2.75) is 37.8 Å². The van der Waals surface area contributed by atoms with Gasteiger partial charge in [-0.2, -0.15) is 0 Å². The van der Waals surface area contributed by atoms with Crippen LogP contribution < -0.4 is 5.32 Å². The lowest BCUT2D eigenvalue weighted by molar-refractivity contribution is -0.00185. The van der Waals surface area contributed by atoms with Gasteiger partial charge < -0.3 is 15.0 Å². The summed E-state index contributed by atoms with van der Waals surface area (Å²) in [4.78, 5) is 2.29. The molecule has 1 aromatic rings. The number of rotatable bonds is 7. The minimum atomic E-state index is -0.130. The summed E-state index contributed by atoms with van der Waals surface area (Å²) in [6.07, 6.45) is 4.88. The number of hydrogen-bond donors (Lipinski definition) is 1. The molecule has 0 aromatic heterocycles. The van der Waals surface area contributed by atoms with Gasteiger partial charge in [-0.05, 0) is 52.4 Å². The molecule has 0 bridgehead atoms. The molecule has 4 heteroatoms. The number of ether oxygens (including phenoxy) is 1. The molecule has 1 saturated heterocycles. The van der Waals surface area contributed by atoms with E-state index in [1.54, 1.807) is 6.07 Å². The fourth-order valence-corrected chi connectivity index (χ4v) is 2.95. The number of hydrogen-bond acceptors (Lipinski definition) is 3. The van der Waals surface area contributed by atoms with Crippen LogP contribution >= 0.6 is 0 Å². The lowest BCUT2D eigenvalue weighted by atomic mass is 10.0. The zero-order valence-corrected chi connectivity index (χ0v) is 13.1. The zero-order valence-electron chi connectivity index (χ0n) is 13.1. The van der Waals surface area contributed by atoms with Gasteiger partial charge in [0, 0.05) is 24.8 Å². The zero-order chi connectivity index (χ0) is 15.1. The first-order chi connectivity index (χ1) is 10.2. The molecule has 0 aliphatic carbocycles. The largest absolute Gasteiger partial charge is 0.377 e. The molecule has 1 fully saturated rings. The van der Waals surface area contributed by atoms with Crippen molar-refractivity contribution >= 4 is 0 Å². The normalized spacial score (nSPS) is 20.7. The van der Waals surface area contributed by atoms with Crippen molar-refractivity contribution in [1.82, 2.24) is 10.2 Å². The Balaban J connectivity index is 1.81. The average Bonchev–Trinajstić information content (AvgIpc) is 2.50. The van der Waals surface area contributed by atoms with Crippen LogP contribution in [0.25, 0.3) is 0 Å². The molecule has 0 spiro atoms. The maximum absolute atomic E-state index is 13.9. The molecule has 2 rings (SSSR count). The van der Waals surface area contributed by atoms with E-state index in [4.69, 9.17) is 4.74 Å². The van der Waals surface area contributed by atoms with Crippen molar-refractivity contribution in [3.05, 3.63) is 35.6 Å². The first kappa shape index (κ1) is 16.4. The molecular formula is C17H27FN2O. The minimum absolute atomic E-state index is 0.0564. The highest BCUT2D eigenvalue weighted by Crippen LogP contribution is 2.20. The Morgan fingerprint density at radius 1 is 1.38 bits per heavy atom. The highest BCUT2D eigenvalue weighted by Gasteiger charge is 2.18. The molecule has 0 radical (unpaired) electrons. The van der Waals surface area contributed by atoms with Crippen LogP contribution in [0.4, 0.5) is 4.39 Å². The van der Waals surface area contributed by atoms with Crippen LogP contribution in [0.3, 0.4) is 0 Å². The van der Waals surface area contributed by atoms with Gasteiger partial charge in [0.1, 0.15) is 5.82 Å². The molecule has 118 valence electrons. The molecule has 2 unspecified atom stereocenters. The summed E-state index contributed by atoms with van der Waals surface area (Å²) in [5.41, 5.74) is 0.752. The average molecular weight is 294 g/mol. The van der Waals surface area contributed by atoms with E-state index in [1.165, 1.54) is 18.9 Å². The van der Waals surface area contributed by atoms with Crippen molar-refractivity contribution in [3.63, 3.8) is 0 Å². The number of likely N-dealkylation sites (N-methyl/N-ethyl adjacent to an activating group) is 1. The Bertz CT molecular complexity index is 421. The molecular weight excluding hydrogens is 267 g/mol. The first-order valence-electron chi connectivity index (χ1n) is 7.92. The third-order valence-corrected chi connectivity index (χ3v) is 4.22. The Labute approximate surface area is 127 Å². The van der Waals surface area contributed by atoms with E-state index in [-0.39, 0.29) is 11.9 Å². The second-order valence-electron chi connectivity index (χ2n) is 5.90. The van der Waals surface area contributed by atoms with E-state index in [0.29, 0.717) is 6.10 Å². The van der Waals surface area contributed by atoms with Gasteiger partial charge in [-0.15, -0.1) is 0 Å². The van der Waals surface area contributed by atoms with E-state index in [1.807, 2.05) is 19.2 Å². The van der Waals surface area contributed by atoms with E-state index < -0.39 is 0 Å². The highest BCUT2D eigenvalue weighted by atomic mass is 19.1. The van der Waals surface area contributed by atoms with Gasteiger partial charge in [0.25, 0.3) is 0 Å². The van der Waals surface area contributed by atoms with Crippen molar-refractivity contribution < 1.29 is 9.13 Å².